The molecule has 1 saturated heterocycles. The zero-order valence-electron chi connectivity index (χ0n) is 21.2. The average molecular weight is 609 g/mol. The van der Waals surface area contributed by atoms with Crippen LogP contribution in [0.3, 0.4) is 0 Å². The number of phosphoric ester groups is 1. The van der Waals surface area contributed by atoms with Gasteiger partial charge in [-0.05, 0) is 23.3 Å². The largest absolute Gasteiger partial charge is 0.469 e. The van der Waals surface area contributed by atoms with Crippen LogP contribution >= 0.6 is 7.82 Å². The summed E-state index contributed by atoms with van der Waals surface area (Å²) in [5.41, 5.74) is 6.21. The first-order valence-corrected chi connectivity index (χ1v) is 15.4. The van der Waals surface area contributed by atoms with Crippen LogP contribution in [0.5, 0.6) is 0 Å². The second-order valence-electron chi connectivity index (χ2n) is 9.45. The van der Waals surface area contributed by atoms with Gasteiger partial charge in [0.25, 0.3) is 11.5 Å². The van der Waals surface area contributed by atoms with E-state index in [4.69, 9.17) is 20.3 Å². The highest BCUT2D eigenvalue weighted by Crippen LogP contribution is 2.38. The van der Waals surface area contributed by atoms with E-state index < -0.39 is 54.4 Å². The van der Waals surface area contributed by atoms with E-state index in [1.165, 1.54) is 27.6 Å². The molecule has 5 rings (SSSR count). The molecule has 0 amide bonds. The van der Waals surface area contributed by atoms with Crippen LogP contribution in [-0.2, 0) is 36.0 Å². The fourth-order valence-electron chi connectivity index (χ4n) is 4.70. The smallest absolute Gasteiger partial charge is 0.387 e. The highest BCUT2D eigenvalue weighted by molar-refractivity contribution is 7.90. The van der Waals surface area contributed by atoms with Gasteiger partial charge in [-0.15, -0.1) is 0 Å². The fourth-order valence-corrected chi connectivity index (χ4v) is 6.47. The molecule has 0 bridgehead atoms. The minimum atomic E-state index is -4.88. The van der Waals surface area contributed by atoms with E-state index in [0.29, 0.717) is 11.1 Å². The Kier molecular flexibility index (Phi) is 7.84. The van der Waals surface area contributed by atoms with E-state index in [0.717, 1.165) is 0 Å². The van der Waals surface area contributed by atoms with Crippen LogP contribution in [0.1, 0.15) is 17.4 Å². The molecule has 4 aromatic rings. The zero-order chi connectivity index (χ0) is 29.5. The molecule has 1 aliphatic rings. The van der Waals surface area contributed by atoms with Crippen molar-refractivity contribution in [2.75, 3.05) is 12.3 Å². The second kappa shape index (κ2) is 11.1. The third-order valence-electron chi connectivity index (χ3n) is 6.62. The quantitative estimate of drug-likeness (QED) is 0.103. The molecule has 41 heavy (non-hydrogen) atoms. The van der Waals surface area contributed by atoms with Crippen molar-refractivity contribution in [2.45, 2.75) is 41.7 Å². The summed E-state index contributed by atoms with van der Waals surface area (Å²) in [5.74, 6) is -0.538. The number of nitrogens with two attached hydrogens (primary N) is 1. The Morgan fingerprint density at radius 3 is 2.41 bits per heavy atom. The third kappa shape index (κ3) is 6.10. The molecule has 2 aromatic carbocycles. The van der Waals surface area contributed by atoms with Crippen LogP contribution in [-0.4, -0.2) is 67.9 Å². The molecule has 218 valence electrons. The summed E-state index contributed by atoms with van der Waals surface area (Å²) in [6.45, 7) is -0.716. The lowest BCUT2D eigenvalue weighted by Gasteiger charge is -2.14. The number of hydrogen-bond acceptors (Lipinski definition) is 10. The number of aliphatic hydroxyl groups excluding tert-OH is 2. The molecule has 7 N–H and O–H groups in total. The van der Waals surface area contributed by atoms with Crippen molar-refractivity contribution in [3.8, 4) is 0 Å². The van der Waals surface area contributed by atoms with Crippen molar-refractivity contribution >= 4 is 34.8 Å². The maximum atomic E-state index is 13.1. The lowest BCUT2D eigenvalue weighted by Crippen LogP contribution is -2.46. The number of aliphatic hydroxyl groups is 2. The number of phosphoric acid groups is 1. The summed E-state index contributed by atoms with van der Waals surface area (Å²) < 4.78 is 50.1. The van der Waals surface area contributed by atoms with Crippen LogP contribution in [0, 0.1) is 0 Å². The van der Waals surface area contributed by atoms with E-state index in [-0.39, 0.29) is 34.3 Å². The first-order valence-electron chi connectivity index (χ1n) is 12.2. The molecule has 0 aliphatic carbocycles. The molecular formula is C24H27N5O10PS+. The van der Waals surface area contributed by atoms with E-state index >= 15 is 0 Å². The molecule has 15 nitrogen and oxygen atoms in total. The molecule has 2 aromatic heterocycles. The number of nitrogen functional groups attached to an aromatic ring is 1. The number of nitrogens with zero attached hydrogens (tertiary/aromatic N) is 3. The van der Waals surface area contributed by atoms with Crippen LogP contribution in [0.25, 0.3) is 11.2 Å². The Hall–Kier alpha value is -3.47. The van der Waals surface area contributed by atoms with Crippen molar-refractivity contribution in [3.05, 3.63) is 82.4 Å². The van der Waals surface area contributed by atoms with E-state index in [1.807, 2.05) is 0 Å². The number of anilines is 1. The Bertz CT molecular complexity index is 1790. The van der Waals surface area contributed by atoms with Crippen molar-refractivity contribution in [3.63, 3.8) is 0 Å². The Balaban J connectivity index is 1.52. The fraction of sp³-hybridized carbons (Fsp3) is 0.292. The Morgan fingerprint density at radius 2 is 1.73 bits per heavy atom. The minimum absolute atomic E-state index is 0.00871. The van der Waals surface area contributed by atoms with E-state index in [9.17, 15) is 28.0 Å². The van der Waals surface area contributed by atoms with Gasteiger partial charge in [0.05, 0.1) is 23.8 Å². The highest BCUT2D eigenvalue weighted by atomic mass is 32.2. The lowest BCUT2D eigenvalue weighted by atomic mass is 10.1. The molecule has 0 spiro atoms. The summed E-state index contributed by atoms with van der Waals surface area (Å²) in [4.78, 5) is 37.7. The maximum absolute atomic E-state index is 13.1. The Labute approximate surface area is 232 Å². The Morgan fingerprint density at radius 1 is 1.07 bits per heavy atom. The van der Waals surface area contributed by atoms with Gasteiger partial charge in [0, 0.05) is 0 Å². The number of nitrogens with one attached hydrogen (secondary N) is 1. The number of benzene rings is 2. The van der Waals surface area contributed by atoms with Gasteiger partial charge in [0.15, 0.2) is 16.2 Å². The van der Waals surface area contributed by atoms with Gasteiger partial charge in [-0.2, -0.15) is 0 Å². The molecule has 1 fully saturated rings. The van der Waals surface area contributed by atoms with E-state index in [2.05, 4.69) is 14.5 Å². The normalized spacial score (nSPS) is 21.5. The molecule has 1 aliphatic heterocycles. The molecule has 0 saturated carbocycles. The number of rotatable bonds is 9. The predicted octanol–water partition coefficient (Wildman–Crippen LogP) is -0.655. The topological polar surface area (TPSA) is 231 Å². The van der Waals surface area contributed by atoms with Crippen LogP contribution in [0.15, 0.2) is 70.6 Å². The summed E-state index contributed by atoms with van der Waals surface area (Å²) in [6.07, 6.45) is -4.48. The molecule has 0 unspecified atom stereocenters. The maximum Gasteiger partial charge on any atom is 0.469 e. The summed E-state index contributed by atoms with van der Waals surface area (Å²) >= 11 is 0. The second-order valence-corrected chi connectivity index (χ2v) is 12.7. The van der Waals surface area contributed by atoms with Crippen molar-refractivity contribution in [2.24, 2.45) is 0 Å². The van der Waals surface area contributed by atoms with Crippen molar-refractivity contribution in [1.29, 1.82) is 0 Å². The number of aromatic amines is 1. The van der Waals surface area contributed by atoms with Crippen LogP contribution < -0.4 is 15.9 Å². The van der Waals surface area contributed by atoms with Crippen molar-refractivity contribution < 1.29 is 46.8 Å². The first-order chi connectivity index (χ1) is 19.3. The van der Waals surface area contributed by atoms with Gasteiger partial charge in [-0.3, -0.25) is 18.9 Å². The number of sulfone groups is 1. The number of H-pyrrole nitrogens is 1. The number of fused-ring (bicyclic) bond motifs is 1. The van der Waals surface area contributed by atoms with Gasteiger partial charge >= 0.3 is 13.5 Å². The molecular weight excluding hydrogens is 581 g/mol. The van der Waals surface area contributed by atoms with Gasteiger partial charge in [-0.25, -0.2) is 17.5 Å². The number of ether oxygens (including phenoxy) is 1. The van der Waals surface area contributed by atoms with Crippen LogP contribution in [0.4, 0.5) is 5.95 Å². The van der Waals surface area contributed by atoms with Crippen LogP contribution in [0.2, 0.25) is 0 Å². The number of aromatic nitrogens is 4. The highest BCUT2D eigenvalue weighted by Gasteiger charge is 2.47. The lowest BCUT2D eigenvalue weighted by molar-refractivity contribution is -0.745. The van der Waals surface area contributed by atoms with E-state index in [1.54, 1.807) is 42.5 Å². The van der Waals surface area contributed by atoms with Crippen molar-refractivity contribution in [1.82, 2.24) is 14.5 Å². The van der Waals surface area contributed by atoms with Gasteiger partial charge in [0.2, 0.25) is 11.7 Å². The van der Waals surface area contributed by atoms with Gasteiger partial charge in [-0.1, -0.05) is 47.4 Å². The molecule has 3 heterocycles. The zero-order valence-corrected chi connectivity index (χ0v) is 22.9. The monoisotopic (exact) mass is 608 g/mol. The minimum Gasteiger partial charge on any atom is -0.387 e. The molecule has 0 radical (unpaired) electrons. The summed E-state index contributed by atoms with van der Waals surface area (Å²) in [7, 11) is -8.57. The van der Waals surface area contributed by atoms with Gasteiger partial charge in [0.1, 0.15) is 18.3 Å². The third-order valence-corrected chi connectivity index (χ3v) is 8.78. The number of imidazole rings is 1. The number of hydrogen-bond donors (Lipinski definition) is 6. The van der Waals surface area contributed by atoms with Gasteiger partial charge < -0.3 is 30.5 Å². The molecule has 17 heteroatoms. The summed E-state index contributed by atoms with van der Waals surface area (Å²) in [5, 5.41) is 21.2. The standard InChI is InChI=1S/C24H26N5O10PS/c25-24-26-21-18(22(32)27-24)28(13-29(21)23-20(31)19(30)17(39-23)11-38-40(33,34)35)10-14-6-4-5-7-15(14)12-41(36,37)16-8-2-1-3-9-16/h1-9,13,17,19-20,23,30-31H,10-12H2,(H4-,25,26,27,32,33,34,35)/p+1/t17-,19-,20-,23-/m0/s1. The predicted molar refractivity (Wildman–Crippen MR) is 142 cm³/mol. The summed E-state index contributed by atoms with van der Waals surface area (Å²) in [6, 6.07) is 14.8. The first kappa shape index (κ1) is 29.0. The average Bonchev–Trinajstić information content (AvgIpc) is 3.40. The SMILES string of the molecule is Nc1nc2c(c(=O)[nH]1)n(Cc1ccccc1CS(=O)(=O)c1ccccc1)c[n+]2[C@H]1O[C@@H](COP(=O)(O)O)[C@H](O)[C@@H]1O. The molecule has 4 atom stereocenters.